The fourth-order valence-electron chi connectivity index (χ4n) is 4.52. The highest BCUT2D eigenvalue weighted by atomic mass is 19.1. The van der Waals surface area contributed by atoms with E-state index in [4.69, 9.17) is 4.74 Å². The molecular formula is C30H33FN2O3. The summed E-state index contributed by atoms with van der Waals surface area (Å²) in [4.78, 5) is 28.8. The number of rotatable bonds is 11. The molecule has 0 radical (unpaired) electrons. The van der Waals surface area contributed by atoms with Gasteiger partial charge in [-0.3, -0.25) is 9.59 Å². The van der Waals surface area contributed by atoms with E-state index in [1.54, 1.807) is 17.0 Å². The van der Waals surface area contributed by atoms with Gasteiger partial charge in [-0.15, -0.1) is 0 Å². The Balaban J connectivity index is 1.57. The van der Waals surface area contributed by atoms with Gasteiger partial charge < -0.3 is 15.0 Å². The molecule has 0 spiro atoms. The van der Waals surface area contributed by atoms with Crippen LogP contribution < -0.4 is 5.32 Å². The number of carbonyl (C=O) groups is 2. The smallest absolute Gasteiger partial charge is 0.243 e. The molecule has 1 saturated heterocycles. The van der Waals surface area contributed by atoms with E-state index in [0.29, 0.717) is 26.0 Å². The molecule has 2 amide bonds. The average Bonchev–Trinajstić information content (AvgIpc) is 3.44. The van der Waals surface area contributed by atoms with E-state index < -0.39 is 6.04 Å². The minimum Gasteiger partial charge on any atom is -0.376 e. The first-order valence-electron chi connectivity index (χ1n) is 12.6. The summed E-state index contributed by atoms with van der Waals surface area (Å²) in [5.74, 6) is -0.656. The van der Waals surface area contributed by atoms with Gasteiger partial charge in [-0.2, -0.15) is 0 Å². The Bertz CT molecular complexity index is 1100. The first-order valence-corrected chi connectivity index (χ1v) is 12.6. The maximum absolute atomic E-state index is 13.6. The van der Waals surface area contributed by atoms with Gasteiger partial charge in [0.05, 0.1) is 6.10 Å². The van der Waals surface area contributed by atoms with Gasteiger partial charge in [-0.05, 0) is 48.1 Å². The van der Waals surface area contributed by atoms with Crippen LogP contribution in [0.3, 0.4) is 0 Å². The summed E-state index contributed by atoms with van der Waals surface area (Å²) in [5, 5.41) is 3.03. The number of hydrogen-bond acceptors (Lipinski definition) is 3. The summed E-state index contributed by atoms with van der Waals surface area (Å²) in [6.07, 6.45) is 3.15. The van der Waals surface area contributed by atoms with Crippen molar-refractivity contribution in [1.29, 1.82) is 0 Å². The molecular weight excluding hydrogens is 455 g/mol. The van der Waals surface area contributed by atoms with E-state index >= 15 is 0 Å². The average molecular weight is 489 g/mol. The Morgan fingerprint density at radius 1 is 0.917 bits per heavy atom. The summed E-state index contributed by atoms with van der Waals surface area (Å²) in [6.45, 7) is 1.36. The van der Waals surface area contributed by atoms with Gasteiger partial charge in [0.1, 0.15) is 11.9 Å². The van der Waals surface area contributed by atoms with E-state index in [0.717, 1.165) is 29.5 Å². The van der Waals surface area contributed by atoms with Gasteiger partial charge in [0.15, 0.2) is 0 Å². The van der Waals surface area contributed by atoms with Gasteiger partial charge in [0.2, 0.25) is 11.8 Å². The van der Waals surface area contributed by atoms with Crippen molar-refractivity contribution in [3.05, 3.63) is 107 Å². The molecule has 0 aromatic heterocycles. The molecule has 36 heavy (non-hydrogen) atoms. The molecule has 4 rings (SSSR count). The Morgan fingerprint density at radius 3 is 2.22 bits per heavy atom. The van der Waals surface area contributed by atoms with Crippen LogP contribution in [-0.2, 0) is 33.7 Å². The van der Waals surface area contributed by atoms with Crippen LogP contribution in [0.4, 0.5) is 4.39 Å². The molecule has 1 aliphatic rings. The zero-order chi connectivity index (χ0) is 25.2. The Hall–Kier alpha value is -3.51. The molecule has 0 unspecified atom stereocenters. The number of hydrogen-bond donors (Lipinski definition) is 1. The quantitative estimate of drug-likeness (QED) is 0.426. The summed E-state index contributed by atoms with van der Waals surface area (Å²) in [7, 11) is 0. The second kappa shape index (κ2) is 13.0. The number of ether oxygens (including phenoxy) is 1. The molecule has 1 aliphatic heterocycles. The maximum Gasteiger partial charge on any atom is 0.243 e. The number of aryl methyl sites for hydroxylation is 1. The van der Waals surface area contributed by atoms with Gasteiger partial charge >= 0.3 is 0 Å². The molecule has 1 N–H and O–H groups in total. The lowest BCUT2D eigenvalue weighted by Crippen LogP contribution is -2.51. The molecule has 6 heteroatoms. The Kier molecular flexibility index (Phi) is 9.22. The second-order valence-corrected chi connectivity index (χ2v) is 9.22. The highest BCUT2D eigenvalue weighted by molar-refractivity contribution is 5.88. The lowest BCUT2D eigenvalue weighted by Gasteiger charge is -2.32. The fourth-order valence-corrected chi connectivity index (χ4v) is 4.52. The summed E-state index contributed by atoms with van der Waals surface area (Å²) < 4.78 is 19.2. The van der Waals surface area contributed by atoms with E-state index in [-0.39, 0.29) is 36.7 Å². The van der Waals surface area contributed by atoms with Crippen molar-refractivity contribution >= 4 is 11.8 Å². The Labute approximate surface area is 212 Å². The molecule has 0 bridgehead atoms. The predicted octanol–water partition coefficient (Wildman–Crippen LogP) is 4.69. The number of benzene rings is 3. The molecule has 0 aliphatic carbocycles. The molecule has 1 fully saturated rings. The van der Waals surface area contributed by atoms with Crippen molar-refractivity contribution in [1.82, 2.24) is 10.2 Å². The van der Waals surface area contributed by atoms with Crippen LogP contribution in [0, 0.1) is 5.82 Å². The maximum atomic E-state index is 13.6. The van der Waals surface area contributed by atoms with Crippen molar-refractivity contribution in [2.45, 2.75) is 50.8 Å². The fraction of sp³-hybridized carbons (Fsp3) is 0.333. The lowest BCUT2D eigenvalue weighted by atomic mass is 10.0. The van der Waals surface area contributed by atoms with Gasteiger partial charge in [0.25, 0.3) is 0 Å². The molecule has 5 nitrogen and oxygen atoms in total. The van der Waals surface area contributed by atoms with Crippen molar-refractivity contribution < 1.29 is 18.7 Å². The topological polar surface area (TPSA) is 58.6 Å². The van der Waals surface area contributed by atoms with Gasteiger partial charge in [-0.1, -0.05) is 72.8 Å². The first kappa shape index (κ1) is 25.6. The molecule has 188 valence electrons. The zero-order valence-electron chi connectivity index (χ0n) is 20.4. The molecule has 0 saturated carbocycles. The minimum atomic E-state index is -0.706. The SMILES string of the molecule is O=C(NC[C@@H]1CCCO1)[C@@H](Cc1ccccc1)N(Cc1ccc(F)cc1)C(=O)CCc1ccccc1. The highest BCUT2D eigenvalue weighted by Gasteiger charge is 2.31. The largest absolute Gasteiger partial charge is 0.376 e. The summed E-state index contributed by atoms with van der Waals surface area (Å²) >= 11 is 0. The summed E-state index contributed by atoms with van der Waals surface area (Å²) in [6, 6.07) is 24.9. The van der Waals surface area contributed by atoms with E-state index in [1.165, 1.54) is 12.1 Å². The molecule has 3 aromatic rings. The van der Waals surface area contributed by atoms with Crippen molar-refractivity contribution in [2.24, 2.45) is 0 Å². The van der Waals surface area contributed by atoms with E-state index in [9.17, 15) is 14.0 Å². The number of amides is 2. The van der Waals surface area contributed by atoms with Crippen molar-refractivity contribution in [3.8, 4) is 0 Å². The van der Waals surface area contributed by atoms with E-state index in [2.05, 4.69) is 5.32 Å². The third-order valence-electron chi connectivity index (χ3n) is 6.54. The number of halogens is 1. The van der Waals surface area contributed by atoms with Crippen LogP contribution in [0.15, 0.2) is 84.9 Å². The predicted molar refractivity (Wildman–Crippen MR) is 138 cm³/mol. The monoisotopic (exact) mass is 488 g/mol. The summed E-state index contributed by atoms with van der Waals surface area (Å²) in [5.41, 5.74) is 2.80. The number of nitrogens with zero attached hydrogens (tertiary/aromatic N) is 1. The van der Waals surface area contributed by atoms with E-state index in [1.807, 2.05) is 60.7 Å². The van der Waals surface area contributed by atoms with Crippen molar-refractivity contribution in [2.75, 3.05) is 13.2 Å². The molecule has 1 heterocycles. The first-order chi connectivity index (χ1) is 17.6. The number of carbonyl (C=O) groups excluding carboxylic acids is 2. The third kappa shape index (κ3) is 7.49. The molecule has 3 aromatic carbocycles. The van der Waals surface area contributed by atoms with Crippen LogP contribution in [0.25, 0.3) is 0 Å². The Morgan fingerprint density at radius 2 is 1.58 bits per heavy atom. The standard InChI is InChI=1S/C30H33FN2O3/c31-26-16-13-25(14-17-26)22-33(29(34)18-15-23-8-3-1-4-9-23)28(20-24-10-5-2-6-11-24)30(35)32-21-27-12-7-19-36-27/h1-6,8-11,13-14,16-17,27-28H,7,12,15,18-22H2,(H,32,35)/t27-,28+/m0/s1. The minimum absolute atomic E-state index is 0.00524. The van der Waals surface area contributed by atoms with Crippen LogP contribution in [0.2, 0.25) is 0 Å². The lowest BCUT2D eigenvalue weighted by molar-refractivity contribution is -0.141. The van der Waals surface area contributed by atoms with Crippen LogP contribution in [0.1, 0.15) is 36.0 Å². The second-order valence-electron chi connectivity index (χ2n) is 9.22. The third-order valence-corrected chi connectivity index (χ3v) is 6.54. The van der Waals surface area contributed by atoms with Crippen LogP contribution in [-0.4, -0.2) is 42.0 Å². The van der Waals surface area contributed by atoms with Gasteiger partial charge in [-0.25, -0.2) is 4.39 Å². The normalized spacial score (nSPS) is 15.9. The van der Waals surface area contributed by atoms with Crippen molar-refractivity contribution in [3.63, 3.8) is 0 Å². The van der Waals surface area contributed by atoms with Crippen LogP contribution in [0.5, 0.6) is 0 Å². The van der Waals surface area contributed by atoms with Gasteiger partial charge in [0, 0.05) is 32.5 Å². The highest BCUT2D eigenvalue weighted by Crippen LogP contribution is 2.18. The van der Waals surface area contributed by atoms with Crippen LogP contribution >= 0.6 is 0 Å². The molecule has 2 atom stereocenters. The zero-order valence-corrected chi connectivity index (χ0v) is 20.4. The number of nitrogens with one attached hydrogen (secondary N) is 1.